The average molecular weight is 451 g/mol. The highest BCUT2D eigenvalue weighted by Crippen LogP contribution is 2.36. The summed E-state index contributed by atoms with van der Waals surface area (Å²) in [5.74, 6) is -2.57. The van der Waals surface area contributed by atoms with E-state index in [9.17, 15) is 26.8 Å². The fraction of sp³-hybridized carbons (Fsp3) is 0.300. The predicted molar refractivity (Wildman–Crippen MR) is 107 cm³/mol. The third-order valence-electron chi connectivity index (χ3n) is 5.19. The quantitative estimate of drug-likeness (QED) is 0.743. The zero-order valence-corrected chi connectivity index (χ0v) is 17.3. The van der Waals surface area contributed by atoms with Crippen molar-refractivity contribution in [3.05, 3.63) is 47.5 Å². The first kappa shape index (κ1) is 21.2. The van der Waals surface area contributed by atoms with Crippen molar-refractivity contribution in [1.82, 2.24) is 4.31 Å². The maximum absolute atomic E-state index is 13.9. The standard InChI is InChI=1S/C20H19F2N3O5S/c1-11-7-15-17(30-10-19(26)23-15)9-18(11)31(28,29)25-6-2-3-16(25)20(27)24-14-5-4-12(21)8-13(14)22/h4-5,7-9,16H,2-3,6,10H2,1H3,(H,23,26)(H,24,27)/t16-/m1/s1. The maximum atomic E-state index is 13.9. The van der Waals surface area contributed by atoms with Gasteiger partial charge in [-0.2, -0.15) is 4.31 Å². The van der Waals surface area contributed by atoms with E-state index in [1.54, 1.807) is 6.92 Å². The number of amides is 2. The summed E-state index contributed by atoms with van der Waals surface area (Å²) in [4.78, 5) is 24.2. The first-order valence-electron chi connectivity index (χ1n) is 9.52. The summed E-state index contributed by atoms with van der Waals surface area (Å²) in [5.41, 5.74) is 0.514. The Labute approximate surface area is 177 Å². The highest BCUT2D eigenvalue weighted by molar-refractivity contribution is 7.89. The van der Waals surface area contributed by atoms with Crippen LogP contribution in [0.4, 0.5) is 20.2 Å². The molecule has 0 aliphatic carbocycles. The van der Waals surface area contributed by atoms with Crippen molar-refractivity contribution in [3.8, 4) is 5.75 Å². The molecule has 2 aromatic carbocycles. The van der Waals surface area contributed by atoms with Crippen LogP contribution in [0.25, 0.3) is 0 Å². The van der Waals surface area contributed by atoms with Crippen LogP contribution in [0.15, 0.2) is 35.2 Å². The van der Waals surface area contributed by atoms with E-state index in [1.165, 1.54) is 12.1 Å². The van der Waals surface area contributed by atoms with E-state index in [-0.39, 0.29) is 41.8 Å². The first-order chi connectivity index (χ1) is 14.7. The van der Waals surface area contributed by atoms with Crippen LogP contribution in [0, 0.1) is 18.6 Å². The van der Waals surface area contributed by atoms with Gasteiger partial charge in [-0.15, -0.1) is 0 Å². The van der Waals surface area contributed by atoms with Gasteiger partial charge in [0.1, 0.15) is 23.4 Å². The molecule has 0 unspecified atom stereocenters. The SMILES string of the molecule is Cc1cc2c(cc1S(=O)(=O)N1CCC[C@@H]1C(=O)Nc1ccc(F)cc1F)OCC(=O)N2. The van der Waals surface area contributed by atoms with Crippen LogP contribution in [0.3, 0.4) is 0 Å². The number of halogens is 2. The van der Waals surface area contributed by atoms with Gasteiger partial charge in [0, 0.05) is 18.7 Å². The molecule has 8 nitrogen and oxygen atoms in total. The summed E-state index contributed by atoms with van der Waals surface area (Å²) in [7, 11) is -4.09. The summed E-state index contributed by atoms with van der Waals surface area (Å²) in [6, 6.07) is 4.48. The molecule has 1 atom stereocenters. The molecule has 0 saturated carbocycles. The molecule has 2 aliphatic heterocycles. The van der Waals surface area contributed by atoms with Gasteiger partial charge in [-0.1, -0.05) is 0 Å². The lowest BCUT2D eigenvalue weighted by molar-refractivity contribution is -0.119. The third kappa shape index (κ3) is 3.98. The molecule has 0 spiro atoms. The van der Waals surface area contributed by atoms with Crippen molar-refractivity contribution in [2.75, 3.05) is 23.8 Å². The van der Waals surface area contributed by atoms with Crippen molar-refractivity contribution in [2.24, 2.45) is 0 Å². The van der Waals surface area contributed by atoms with Gasteiger partial charge in [0.25, 0.3) is 5.91 Å². The maximum Gasteiger partial charge on any atom is 0.262 e. The average Bonchev–Trinajstić information content (AvgIpc) is 3.20. The van der Waals surface area contributed by atoms with Gasteiger partial charge in [-0.05, 0) is 43.5 Å². The number of carbonyl (C=O) groups excluding carboxylic acids is 2. The number of nitrogens with zero attached hydrogens (tertiary/aromatic N) is 1. The summed E-state index contributed by atoms with van der Waals surface area (Å²) < 4.78 is 60.1. The number of rotatable bonds is 4. The van der Waals surface area contributed by atoms with Gasteiger partial charge >= 0.3 is 0 Å². The zero-order valence-electron chi connectivity index (χ0n) is 16.4. The van der Waals surface area contributed by atoms with Crippen LogP contribution in [0.1, 0.15) is 18.4 Å². The number of ether oxygens (including phenoxy) is 1. The summed E-state index contributed by atoms with van der Waals surface area (Å²) in [6.07, 6.45) is 0.699. The number of fused-ring (bicyclic) bond motifs is 1. The molecule has 1 fully saturated rings. The van der Waals surface area contributed by atoms with Crippen molar-refractivity contribution < 1.29 is 31.5 Å². The minimum Gasteiger partial charge on any atom is -0.482 e. The van der Waals surface area contributed by atoms with Crippen LogP contribution >= 0.6 is 0 Å². The van der Waals surface area contributed by atoms with Crippen molar-refractivity contribution in [1.29, 1.82) is 0 Å². The number of carbonyl (C=O) groups is 2. The normalized spacial score (nSPS) is 18.8. The fourth-order valence-electron chi connectivity index (χ4n) is 3.72. The van der Waals surface area contributed by atoms with E-state index < -0.39 is 33.6 Å². The molecule has 31 heavy (non-hydrogen) atoms. The fourth-order valence-corrected chi connectivity index (χ4v) is 5.60. The van der Waals surface area contributed by atoms with E-state index in [2.05, 4.69) is 10.6 Å². The molecule has 2 aromatic rings. The number of anilines is 2. The monoisotopic (exact) mass is 451 g/mol. The second-order valence-corrected chi connectivity index (χ2v) is 9.20. The molecule has 2 N–H and O–H groups in total. The molecule has 0 radical (unpaired) electrons. The molecular formula is C20H19F2N3O5S. The van der Waals surface area contributed by atoms with Crippen LogP contribution in [-0.2, 0) is 19.6 Å². The molecule has 0 bridgehead atoms. The highest BCUT2D eigenvalue weighted by atomic mass is 32.2. The molecule has 2 aliphatic rings. The van der Waals surface area contributed by atoms with Gasteiger partial charge in [0.15, 0.2) is 6.61 Å². The summed E-state index contributed by atoms with van der Waals surface area (Å²) in [5, 5.41) is 4.96. The molecule has 11 heteroatoms. The number of sulfonamides is 1. The second-order valence-electron chi connectivity index (χ2n) is 7.34. The Morgan fingerprint density at radius 1 is 1.26 bits per heavy atom. The van der Waals surface area contributed by atoms with Crippen LogP contribution in [-0.4, -0.2) is 43.7 Å². The van der Waals surface area contributed by atoms with Gasteiger partial charge < -0.3 is 15.4 Å². The number of hydrogen-bond acceptors (Lipinski definition) is 5. The van der Waals surface area contributed by atoms with Crippen LogP contribution < -0.4 is 15.4 Å². The Hall–Kier alpha value is -3.05. The summed E-state index contributed by atoms with van der Waals surface area (Å²) in [6.45, 7) is 1.46. The highest BCUT2D eigenvalue weighted by Gasteiger charge is 2.40. The molecule has 1 saturated heterocycles. The smallest absolute Gasteiger partial charge is 0.262 e. The number of nitrogens with one attached hydrogen (secondary N) is 2. The Kier molecular flexibility index (Phi) is 5.40. The minimum atomic E-state index is -4.09. The Morgan fingerprint density at radius 3 is 2.77 bits per heavy atom. The largest absolute Gasteiger partial charge is 0.482 e. The molecule has 164 valence electrons. The van der Waals surface area contributed by atoms with Gasteiger partial charge in [0.2, 0.25) is 15.9 Å². The second kappa shape index (κ2) is 7.89. The summed E-state index contributed by atoms with van der Waals surface area (Å²) >= 11 is 0. The Morgan fingerprint density at radius 2 is 2.03 bits per heavy atom. The number of hydrogen-bond donors (Lipinski definition) is 2. The van der Waals surface area contributed by atoms with E-state index in [0.717, 1.165) is 16.4 Å². The lowest BCUT2D eigenvalue weighted by Gasteiger charge is -2.26. The van der Waals surface area contributed by atoms with Gasteiger partial charge in [-0.25, -0.2) is 17.2 Å². The molecule has 2 amide bonds. The Bertz CT molecular complexity index is 1190. The van der Waals surface area contributed by atoms with Crippen LogP contribution in [0.5, 0.6) is 5.75 Å². The third-order valence-corrected chi connectivity index (χ3v) is 7.24. The van der Waals surface area contributed by atoms with Gasteiger partial charge in [-0.3, -0.25) is 9.59 Å². The van der Waals surface area contributed by atoms with Crippen molar-refractivity contribution in [3.63, 3.8) is 0 Å². The lowest BCUT2D eigenvalue weighted by atomic mass is 10.2. The van der Waals surface area contributed by atoms with E-state index in [0.29, 0.717) is 23.7 Å². The zero-order chi connectivity index (χ0) is 22.3. The van der Waals surface area contributed by atoms with Gasteiger partial charge in [0.05, 0.1) is 16.3 Å². The lowest BCUT2D eigenvalue weighted by Crippen LogP contribution is -2.43. The van der Waals surface area contributed by atoms with Crippen molar-refractivity contribution >= 4 is 33.2 Å². The van der Waals surface area contributed by atoms with E-state index >= 15 is 0 Å². The molecular weight excluding hydrogens is 432 g/mol. The van der Waals surface area contributed by atoms with E-state index in [4.69, 9.17) is 4.74 Å². The predicted octanol–water partition coefficient (Wildman–Crippen LogP) is 2.40. The first-order valence-corrected chi connectivity index (χ1v) is 11.0. The molecule has 4 rings (SSSR count). The number of aryl methyl sites for hydroxylation is 1. The molecule has 0 aromatic heterocycles. The topological polar surface area (TPSA) is 105 Å². The number of benzene rings is 2. The Balaban J connectivity index is 1.62. The van der Waals surface area contributed by atoms with E-state index in [1.807, 2.05) is 0 Å². The van der Waals surface area contributed by atoms with Crippen LogP contribution in [0.2, 0.25) is 0 Å². The molecule has 2 heterocycles. The van der Waals surface area contributed by atoms with Crippen molar-refractivity contribution in [2.45, 2.75) is 30.7 Å². The minimum absolute atomic E-state index is 0.0462.